The van der Waals surface area contributed by atoms with Crippen molar-refractivity contribution in [2.24, 2.45) is 10.8 Å². The van der Waals surface area contributed by atoms with Gasteiger partial charge >= 0.3 is 0 Å². The number of aliphatic hydroxyl groups is 1. The monoisotopic (exact) mass is 893 g/mol. The summed E-state index contributed by atoms with van der Waals surface area (Å²) in [6.07, 6.45) is 0.857. The fourth-order valence-corrected chi connectivity index (χ4v) is 10.2. The number of carbonyl (C=O) groups is 4. The number of likely N-dealkylation sites (tertiary alicyclic amines) is 1. The van der Waals surface area contributed by atoms with E-state index >= 15 is 0 Å². The summed E-state index contributed by atoms with van der Waals surface area (Å²) in [5, 5.41) is 34.7. The van der Waals surface area contributed by atoms with Gasteiger partial charge in [0.1, 0.15) is 35.2 Å². The molecule has 0 radical (unpaired) electrons. The molecule has 18 heteroatoms. The number of ether oxygens (including phenoxy) is 2. The molecule has 4 fully saturated rings. The highest BCUT2D eigenvalue weighted by molar-refractivity contribution is 6.31. The first-order valence-corrected chi connectivity index (χ1v) is 21.9. The molecule has 3 aliphatic heterocycles. The maximum atomic E-state index is 13.5. The molecule has 336 valence electrons. The maximum Gasteiger partial charge on any atom is 0.278 e. The number of rotatable bonds is 11. The Morgan fingerprint density at radius 1 is 0.938 bits per heavy atom. The fourth-order valence-electron chi connectivity index (χ4n) is 10.0. The van der Waals surface area contributed by atoms with Gasteiger partial charge < -0.3 is 29.7 Å². The van der Waals surface area contributed by atoms with E-state index < -0.39 is 29.0 Å². The van der Waals surface area contributed by atoms with E-state index in [9.17, 15) is 34.3 Å². The largest absolute Gasteiger partial charge is 0.489 e. The van der Waals surface area contributed by atoms with Crippen molar-refractivity contribution >= 4 is 51.8 Å². The number of halogens is 1. The molecule has 64 heavy (non-hydrogen) atoms. The van der Waals surface area contributed by atoms with E-state index in [0.717, 1.165) is 36.5 Å². The summed E-state index contributed by atoms with van der Waals surface area (Å²) in [5.74, 6) is -0.555. The van der Waals surface area contributed by atoms with Crippen LogP contribution in [0.15, 0.2) is 65.5 Å². The van der Waals surface area contributed by atoms with Gasteiger partial charge in [0.25, 0.3) is 23.3 Å². The summed E-state index contributed by atoms with van der Waals surface area (Å²) >= 11 is 6.25. The first-order chi connectivity index (χ1) is 30.5. The Labute approximate surface area is 375 Å². The molecule has 4 aliphatic rings. The maximum absolute atomic E-state index is 13.5. The minimum absolute atomic E-state index is 0.0833. The number of benzene rings is 3. The number of aromatic nitrogens is 3. The van der Waals surface area contributed by atoms with Crippen LogP contribution in [0.3, 0.4) is 0 Å². The van der Waals surface area contributed by atoms with Crippen LogP contribution in [0.1, 0.15) is 75.3 Å². The Hall–Kier alpha value is -6.09. The normalized spacial score (nSPS) is 22.8. The summed E-state index contributed by atoms with van der Waals surface area (Å²) in [6, 6.07) is 18.3. The van der Waals surface area contributed by atoms with Crippen molar-refractivity contribution in [1.29, 1.82) is 5.26 Å². The van der Waals surface area contributed by atoms with Gasteiger partial charge in [-0.25, -0.2) is 0 Å². The van der Waals surface area contributed by atoms with Gasteiger partial charge in [0.15, 0.2) is 6.61 Å². The van der Waals surface area contributed by atoms with Gasteiger partial charge in [0, 0.05) is 86.4 Å². The molecular formula is C46H52ClN9O8. The molecule has 3 aromatic carbocycles. The van der Waals surface area contributed by atoms with Crippen molar-refractivity contribution in [3.63, 3.8) is 0 Å². The van der Waals surface area contributed by atoms with Gasteiger partial charge in [-0.3, -0.25) is 34.2 Å². The number of nitriles is 1. The molecule has 3 saturated heterocycles. The molecule has 4 aromatic rings. The number of nitrogens with zero attached hydrogens (tertiary/aromatic N) is 7. The lowest BCUT2D eigenvalue weighted by Gasteiger charge is -2.63. The predicted octanol–water partition coefficient (Wildman–Crippen LogP) is 3.46. The third kappa shape index (κ3) is 8.86. The number of carbonyl (C=O) groups excluding carboxylic acids is 4. The number of hydrogen-bond acceptors (Lipinski definition) is 13. The standard InChI is InChI=1S/C46H52ClN9O8/c1-44(2)42(45(3,4)43(44)64-32-10-7-29(25-48)34(47)24-32)50-39(59)28-5-8-30(9-6-28)54-21-19-53(20-22-54)27-46(62)15-17-55(18-16-46)38(58)26-63-31-11-12-35-33(23-31)41(61)56(52-51-35)36-13-14-37(57)49-40(36)60/h5-12,23-24,36,42-43,62H,13-22,26-27H2,1-4H3,(H,50,59)(H,49,57,60). The van der Waals surface area contributed by atoms with Crippen molar-refractivity contribution in [1.82, 2.24) is 35.4 Å². The second-order valence-electron chi connectivity index (χ2n) is 18.5. The first-order valence-electron chi connectivity index (χ1n) is 21.6. The average Bonchev–Trinajstić information content (AvgIpc) is 3.27. The summed E-state index contributed by atoms with van der Waals surface area (Å²) in [7, 11) is 0. The first kappa shape index (κ1) is 44.5. The summed E-state index contributed by atoms with van der Waals surface area (Å²) in [4.78, 5) is 70.1. The van der Waals surface area contributed by atoms with Crippen LogP contribution in [-0.4, -0.2) is 124 Å². The van der Waals surface area contributed by atoms with E-state index in [0.29, 0.717) is 59.9 Å². The van der Waals surface area contributed by atoms with E-state index in [1.54, 1.807) is 35.2 Å². The van der Waals surface area contributed by atoms with Crippen molar-refractivity contribution in [2.75, 3.05) is 57.3 Å². The molecule has 4 heterocycles. The molecule has 0 spiro atoms. The van der Waals surface area contributed by atoms with Crippen molar-refractivity contribution in [2.45, 2.75) is 77.2 Å². The Morgan fingerprint density at radius 2 is 1.62 bits per heavy atom. The molecule has 0 bridgehead atoms. The topological polar surface area (TPSA) is 212 Å². The molecular weight excluding hydrogens is 842 g/mol. The summed E-state index contributed by atoms with van der Waals surface area (Å²) in [6.45, 7) is 12.3. The SMILES string of the molecule is CC1(C)C(NC(=O)c2ccc(N3CCN(CC4(O)CCN(C(=O)COc5ccc6nnn(C7CCC(=O)NC7=O)c(=O)c6c5)CC4)CC3)cc2)C(C)(C)C1Oc1ccc(C#N)c(Cl)c1. The fraction of sp³-hybridized carbons (Fsp3) is 0.478. The van der Waals surface area contributed by atoms with Crippen molar-refractivity contribution in [3.8, 4) is 17.6 Å². The molecule has 8 rings (SSSR count). The second kappa shape index (κ2) is 17.5. The zero-order chi connectivity index (χ0) is 45.6. The van der Waals surface area contributed by atoms with E-state index in [1.807, 2.05) is 24.3 Å². The van der Waals surface area contributed by atoms with Gasteiger partial charge in [-0.1, -0.05) is 44.5 Å². The highest BCUT2D eigenvalue weighted by atomic mass is 35.5. The summed E-state index contributed by atoms with van der Waals surface area (Å²) in [5.41, 5.74) is 0.0104. The Kier molecular flexibility index (Phi) is 12.2. The zero-order valence-electron chi connectivity index (χ0n) is 36.3. The van der Waals surface area contributed by atoms with E-state index in [1.165, 1.54) is 6.07 Å². The number of β-amino-alcohol motifs (C(OH)–C–C–N with tert-alkyl or cyclic N) is 1. The minimum atomic E-state index is -0.955. The Morgan fingerprint density at radius 3 is 2.28 bits per heavy atom. The van der Waals surface area contributed by atoms with Crippen LogP contribution in [0, 0.1) is 22.2 Å². The van der Waals surface area contributed by atoms with Crippen molar-refractivity contribution < 1.29 is 33.8 Å². The molecule has 1 aromatic heterocycles. The lowest BCUT2D eigenvalue weighted by molar-refractivity contribution is -0.164. The molecule has 1 aliphatic carbocycles. The van der Waals surface area contributed by atoms with E-state index in [-0.39, 0.29) is 65.4 Å². The smallest absolute Gasteiger partial charge is 0.278 e. The number of fused-ring (bicyclic) bond motifs is 1. The number of imide groups is 1. The highest BCUT2D eigenvalue weighted by Crippen LogP contribution is 2.55. The number of nitrogens with one attached hydrogen (secondary N) is 2. The highest BCUT2D eigenvalue weighted by Gasteiger charge is 2.64. The van der Waals surface area contributed by atoms with E-state index in [2.05, 4.69) is 64.5 Å². The molecule has 1 atom stereocenters. The van der Waals surface area contributed by atoms with Crippen LogP contribution < -0.4 is 30.6 Å². The van der Waals surface area contributed by atoms with Crippen LogP contribution in [-0.2, 0) is 14.4 Å². The number of hydrogen-bond donors (Lipinski definition) is 3. The second-order valence-corrected chi connectivity index (χ2v) is 18.9. The quantitative estimate of drug-likeness (QED) is 0.185. The van der Waals surface area contributed by atoms with Crippen molar-refractivity contribution in [3.05, 3.63) is 87.2 Å². The minimum Gasteiger partial charge on any atom is -0.489 e. The molecule has 3 N–H and O–H groups in total. The van der Waals surface area contributed by atoms with Gasteiger partial charge in [-0.15, -0.1) is 5.10 Å². The molecule has 1 saturated carbocycles. The molecule has 17 nitrogen and oxygen atoms in total. The lowest BCUT2D eigenvalue weighted by Crippen LogP contribution is -2.74. The predicted molar refractivity (Wildman–Crippen MR) is 236 cm³/mol. The van der Waals surface area contributed by atoms with Gasteiger partial charge in [0.2, 0.25) is 5.91 Å². The van der Waals surface area contributed by atoms with Crippen LogP contribution in [0.4, 0.5) is 5.69 Å². The lowest BCUT2D eigenvalue weighted by atomic mass is 9.49. The third-order valence-electron chi connectivity index (χ3n) is 13.4. The number of anilines is 1. The number of piperidine rings is 2. The van der Waals surface area contributed by atoms with E-state index in [4.69, 9.17) is 21.1 Å². The van der Waals surface area contributed by atoms with Crippen LogP contribution in [0.2, 0.25) is 5.02 Å². The molecule has 4 amide bonds. The third-order valence-corrected chi connectivity index (χ3v) is 13.7. The zero-order valence-corrected chi connectivity index (χ0v) is 37.1. The number of amides is 4. The molecule has 1 unspecified atom stereocenters. The summed E-state index contributed by atoms with van der Waals surface area (Å²) < 4.78 is 13.1. The number of piperazine rings is 1. The van der Waals surface area contributed by atoms with Gasteiger partial charge in [0.05, 0.1) is 21.6 Å². The van der Waals surface area contributed by atoms with Crippen LogP contribution in [0.5, 0.6) is 11.5 Å². The van der Waals surface area contributed by atoms with Gasteiger partial charge in [-0.05, 0) is 73.9 Å². The average molecular weight is 894 g/mol. The van der Waals surface area contributed by atoms with Crippen LogP contribution in [0.25, 0.3) is 10.9 Å². The van der Waals surface area contributed by atoms with Gasteiger partial charge in [-0.2, -0.15) is 9.94 Å². The van der Waals surface area contributed by atoms with Crippen LogP contribution >= 0.6 is 11.6 Å². The Balaban J connectivity index is 0.776. The Bertz CT molecular complexity index is 2560.